The van der Waals surface area contributed by atoms with E-state index in [4.69, 9.17) is 0 Å². The molecule has 0 bridgehead atoms. The van der Waals surface area contributed by atoms with E-state index in [2.05, 4.69) is 46.6 Å². The summed E-state index contributed by atoms with van der Waals surface area (Å²) in [6.07, 6.45) is 2.64. The van der Waals surface area contributed by atoms with E-state index in [0.29, 0.717) is 0 Å². The molecule has 0 N–H and O–H groups in total. The van der Waals surface area contributed by atoms with E-state index >= 15 is 0 Å². The van der Waals surface area contributed by atoms with Gasteiger partial charge in [-0.25, -0.2) is 0 Å². The number of aliphatic imine (C=N–C) groups is 1. The van der Waals surface area contributed by atoms with Gasteiger partial charge in [-0.3, -0.25) is 0 Å². The molecule has 0 spiro atoms. The highest BCUT2D eigenvalue weighted by Crippen LogP contribution is 2.44. The number of isothiocyanates is 1. The van der Waals surface area contributed by atoms with Crippen LogP contribution in [0.25, 0.3) is 10.8 Å². The second kappa shape index (κ2) is 3.82. The summed E-state index contributed by atoms with van der Waals surface area (Å²) in [5.74, 6) is 0.760. The van der Waals surface area contributed by atoms with E-state index in [1.165, 1.54) is 29.2 Å². The maximum Gasteiger partial charge on any atom is 0.0817 e. The summed E-state index contributed by atoms with van der Waals surface area (Å²) in [6, 6.07) is 12.6. The summed E-state index contributed by atoms with van der Waals surface area (Å²) in [7, 11) is 0. The lowest BCUT2D eigenvalue weighted by Crippen LogP contribution is -1.82. The molecule has 0 amide bonds. The van der Waals surface area contributed by atoms with Crippen LogP contribution in [0.3, 0.4) is 0 Å². The van der Waals surface area contributed by atoms with Crippen molar-refractivity contribution in [3.63, 3.8) is 0 Å². The SMILES string of the molecule is S=C=Nc1cccc2c(C3CC3)cccc12. The van der Waals surface area contributed by atoms with E-state index in [9.17, 15) is 0 Å². The Labute approximate surface area is 99.8 Å². The van der Waals surface area contributed by atoms with Crippen molar-refractivity contribution in [3.8, 4) is 0 Å². The van der Waals surface area contributed by atoms with Gasteiger partial charge in [0, 0.05) is 5.39 Å². The molecule has 1 fully saturated rings. The zero-order valence-corrected chi connectivity index (χ0v) is 9.63. The molecular formula is C14H11NS. The molecule has 3 rings (SSSR count). The molecule has 2 heteroatoms. The van der Waals surface area contributed by atoms with Crippen LogP contribution in [-0.2, 0) is 0 Å². The minimum absolute atomic E-state index is 0.760. The molecule has 0 aromatic heterocycles. The third-order valence-electron chi connectivity index (χ3n) is 3.12. The highest BCUT2D eigenvalue weighted by atomic mass is 32.1. The van der Waals surface area contributed by atoms with Gasteiger partial charge in [0.05, 0.1) is 10.8 Å². The lowest BCUT2D eigenvalue weighted by Gasteiger charge is -2.06. The van der Waals surface area contributed by atoms with Gasteiger partial charge >= 0.3 is 0 Å². The monoisotopic (exact) mass is 225 g/mol. The lowest BCUT2D eigenvalue weighted by atomic mass is 10.0. The molecule has 1 saturated carbocycles. The third-order valence-corrected chi connectivity index (χ3v) is 3.21. The molecule has 2 aromatic rings. The summed E-state index contributed by atoms with van der Waals surface area (Å²) in [6.45, 7) is 0. The minimum atomic E-state index is 0.760. The van der Waals surface area contributed by atoms with Gasteiger partial charge in [-0.2, -0.15) is 4.99 Å². The molecule has 1 nitrogen and oxygen atoms in total. The molecule has 16 heavy (non-hydrogen) atoms. The average molecular weight is 225 g/mol. The fourth-order valence-electron chi connectivity index (χ4n) is 2.21. The molecule has 0 radical (unpaired) electrons. The van der Waals surface area contributed by atoms with Crippen LogP contribution in [0.1, 0.15) is 24.3 Å². The van der Waals surface area contributed by atoms with Gasteiger partial charge in [0.25, 0.3) is 0 Å². The topological polar surface area (TPSA) is 12.4 Å². The second-order valence-corrected chi connectivity index (χ2v) is 4.38. The number of rotatable bonds is 2. The van der Waals surface area contributed by atoms with Gasteiger partial charge in [0.2, 0.25) is 0 Å². The maximum absolute atomic E-state index is 4.68. The number of hydrogen-bond acceptors (Lipinski definition) is 2. The standard InChI is InChI=1S/C14H11NS/c16-9-15-14-6-2-4-12-11(10-7-8-10)3-1-5-13(12)14/h1-6,10H,7-8H2. The first-order chi connectivity index (χ1) is 7.90. The Bertz CT molecular complexity index is 593. The first-order valence-corrected chi connectivity index (χ1v) is 5.90. The first-order valence-electron chi connectivity index (χ1n) is 5.49. The zero-order valence-electron chi connectivity index (χ0n) is 8.81. The highest BCUT2D eigenvalue weighted by Gasteiger charge is 2.25. The van der Waals surface area contributed by atoms with Crippen LogP contribution >= 0.6 is 12.2 Å². The number of nitrogens with zero attached hydrogens (tertiary/aromatic N) is 1. The van der Waals surface area contributed by atoms with Gasteiger partial charge in [0.1, 0.15) is 0 Å². The van der Waals surface area contributed by atoms with Gasteiger partial charge in [-0.05, 0) is 48.0 Å². The molecule has 0 aliphatic heterocycles. The first kappa shape index (κ1) is 9.71. The molecule has 0 saturated heterocycles. The molecule has 1 aliphatic rings. The Hall–Kier alpha value is -1.50. The molecule has 78 valence electrons. The van der Waals surface area contributed by atoms with Crippen LogP contribution in [-0.4, -0.2) is 5.16 Å². The predicted octanol–water partition coefficient (Wildman–Crippen LogP) is 4.45. The van der Waals surface area contributed by atoms with Crippen molar-refractivity contribution in [2.75, 3.05) is 0 Å². The van der Waals surface area contributed by atoms with Crippen LogP contribution in [0.2, 0.25) is 0 Å². The fourth-order valence-corrected chi connectivity index (χ4v) is 2.31. The van der Waals surface area contributed by atoms with Crippen LogP contribution in [0, 0.1) is 0 Å². The largest absolute Gasteiger partial charge is 0.194 e. The van der Waals surface area contributed by atoms with Crippen molar-refractivity contribution in [1.82, 2.24) is 0 Å². The summed E-state index contributed by atoms with van der Waals surface area (Å²) < 4.78 is 0. The Balaban J connectivity index is 2.32. The predicted molar refractivity (Wildman–Crippen MR) is 70.6 cm³/mol. The minimum Gasteiger partial charge on any atom is -0.194 e. The van der Waals surface area contributed by atoms with E-state index in [1.54, 1.807) is 0 Å². The van der Waals surface area contributed by atoms with Crippen LogP contribution in [0.15, 0.2) is 41.4 Å². The summed E-state index contributed by atoms with van der Waals surface area (Å²) in [4.78, 5) is 4.12. The smallest absolute Gasteiger partial charge is 0.0817 e. The summed E-state index contributed by atoms with van der Waals surface area (Å²) >= 11 is 4.68. The fraction of sp³-hybridized carbons (Fsp3) is 0.214. The molecule has 2 aromatic carbocycles. The molecular weight excluding hydrogens is 214 g/mol. The normalized spacial score (nSPS) is 14.8. The van der Waals surface area contributed by atoms with Crippen molar-refractivity contribution in [3.05, 3.63) is 42.0 Å². The number of hydrogen-bond donors (Lipinski definition) is 0. The van der Waals surface area contributed by atoms with Crippen LogP contribution in [0.5, 0.6) is 0 Å². The van der Waals surface area contributed by atoms with E-state index in [-0.39, 0.29) is 0 Å². The van der Waals surface area contributed by atoms with Gasteiger partial charge < -0.3 is 0 Å². The Kier molecular flexibility index (Phi) is 2.32. The molecule has 0 atom stereocenters. The van der Waals surface area contributed by atoms with Gasteiger partial charge in [-0.1, -0.05) is 30.3 Å². The van der Waals surface area contributed by atoms with Crippen LogP contribution in [0.4, 0.5) is 5.69 Å². The van der Waals surface area contributed by atoms with Crippen molar-refractivity contribution in [2.24, 2.45) is 4.99 Å². The number of fused-ring (bicyclic) bond motifs is 1. The van der Waals surface area contributed by atoms with Crippen LogP contribution < -0.4 is 0 Å². The van der Waals surface area contributed by atoms with Crippen molar-refractivity contribution >= 4 is 33.8 Å². The maximum atomic E-state index is 4.68. The quantitative estimate of drug-likeness (QED) is 0.543. The van der Waals surface area contributed by atoms with E-state index in [0.717, 1.165) is 11.6 Å². The third kappa shape index (κ3) is 1.57. The zero-order chi connectivity index (χ0) is 11.0. The van der Waals surface area contributed by atoms with Crippen molar-refractivity contribution < 1.29 is 0 Å². The van der Waals surface area contributed by atoms with E-state index in [1.807, 2.05) is 12.1 Å². The summed E-state index contributed by atoms with van der Waals surface area (Å²) in [5, 5.41) is 4.95. The van der Waals surface area contributed by atoms with Crippen molar-refractivity contribution in [2.45, 2.75) is 18.8 Å². The number of benzene rings is 2. The van der Waals surface area contributed by atoms with E-state index < -0.39 is 0 Å². The Morgan fingerprint density at radius 3 is 2.56 bits per heavy atom. The summed E-state index contributed by atoms with van der Waals surface area (Å²) in [5.41, 5.74) is 2.38. The Morgan fingerprint density at radius 2 is 1.81 bits per heavy atom. The molecule has 0 heterocycles. The molecule has 0 unspecified atom stereocenters. The van der Waals surface area contributed by atoms with Crippen molar-refractivity contribution in [1.29, 1.82) is 0 Å². The van der Waals surface area contributed by atoms with Gasteiger partial charge in [-0.15, -0.1) is 0 Å². The average Bonchev–Trinajstić information content (AvgIpc) is 3.13. The number of thiocarbonyl (C=S) groups is 1. The highest BCUT2D eigenvalue weighted by molar-refractivity contribution is 7.78. The Morgan fingerprint density at radius 1 is 1.06 bits per heavy atom. The van der Waals surface area contributed by atoms with Gasteiger partial charge in [0.15, 0.2) is 0 Å². The second-order valence-electron chi connectivity index (χ2n) is 4.20. The lowest BCUT2D eigenvalue weighted by molar-refractivity contribution is 1.15. The molecule has 1 aliphatic carbocycles.